The van der Waals surface area contributed by atoms with Gasteiger partial charge in [0.05, 0.1) is 17.4 Å². The number of guanidine groups is 1. The van der Waals surface area contributed by atoms with E-state index in [1.165, 1.54) is 4.90 Å². The number of amides is 2. The Morgan fingerprint density at radius 1 is 1.10 bits per heavy atom. The molecule has 9 heteroatoms. The van der Waals surface area contributed by atoms with Gasteiger partial charge in [-0.15, -0.1) is 24.0 Å². The molecule has 2 heterocycles. The number of fused-ring (bicyclic) bond motifs is 1. The third kappa shape index (κ3) is 6.30. The van der Waals surface area contributed by atoms with Crippen LogP contribution in [0.15, 0.2) is 52.1 Å². The maximum Gasteiger partial charge on any atom is 0.261 e. The Bertz CT molecular complexity index is 819. The first-order valence-corrected chi connectivity index (χ1v) is 9.78. The summed E-state index contributed by atoms with van der Waals surface area (Å²) in [6.07, 6.45) is 2.40. The van der Waals surface area contributed by atoms with Crippen LogP contribution >= 0.6 is 24.0 Å². The first kappa shape index (κ1) is 23.9. The highest BCUT2D eigenvalue weighted by atomic mass is 127. The normalized spacial score (nSPS) is 13.2. The number of carbonyl (C=O) groups excluding carboxylic acids is 2. The number of furan rings is 1. The quantitative estimate of drug-likeness (QED) is 0.163. The zero-order chi connectivity index (χ0) is 20.5. The van der Waals surface area contributed by atoms with E-state index < -0.39 is 0 Å². The van der Waals surface area contributed by atoms with Crippen molar-refractivity contribution in [3.05, 3.63) is 59.5 Å². The number of hydrogen-bond acceptors (Lipinski definition) is 5. The molecular weight excluding hydrogens is 499 g/mol. The van der Waals surface area contributed by atoms with E-state index in [9.17, 15) is 9.59 Å². The number of hydrogen-bond donors (Lipinski definition) is 2. The van der Waals surface area contributed by atoms with Gasteiger partial charge in [-0.05, 0) is 37.6 Å². The van der Waals surface area contributed by atoms with Crippen molar-refractivity contribution in [1.29, 1.82) is 0 Å². The van der Waals surface area contributed by atoms with Crippen molar-refractivity contribution in [3.63, 3.8) is 0 Å². The van der Waals surface area contributed by atoms with Gasteiger partial charge in [0.25, 0.3) is 11.8 Å². The molecular formula is C21H27IN4O4. The highest BCUT2D eigenvalue weighted by Crippen LogP contribution is 2.21. The van der Waals surface area contributed by atoms with E-state index in [0.29, 0.717) is 49.9 Å². The van der Waals surface area contributed by atoms with Crippen molar-refractivity contribution in [2.24, 2.45) is 4.99 Å². The van der Waals surface area contributed by atoms with Crippen molar-refractivity contribution in [2.75, 3.05) is 32.8 Å². The minimum absolute atomic E-state index is 0. The minimum atomic E-state index is -0.247. The van der Waals surface area contributed by atoms with Gasteiger partial charge in [-0.3, -0.25) is 19.5 Å². The molecule has 1 aliphatic rings. The van der Waals surface area contributed by atoms with E-state index in [0.717, 1.165) is 12.2 Å². The molecule has 1 aliphatic heterocycles. The SMILES string of the molecule is CCNC(=NCCCOCc1ccco1)NCCN1C(=O)c2ccccc2C1=O.I. The van der Waals surface area contributed by atoms with Gasteiger partial charge >= 0.3 is 0 Å². The number of halogens is 1. The molecule has 0 unspecified atom stereocenters. The van der Waals surface area contributed by atoms with Gasteiger partial charge in [-0.2, -0.15) is 0 Å². The molecule has 162 valence electrons. The second-order valence-corrected chi connectivity index (χ2v) is 6.48. The molecule has 0 fully saturated rings. The fourth-order valence-electron chi connectivity index (χ4n) is 3.00. The lowest BCUT2D eigenvalue weighted by Crippen LogP contribution is -2.43. The topological polar surface area (TPSA) is 96.2 Å². The average molecular weight is 526 g/mol. The van der Waals surface area contributed by atoms with Crippen molar-refractivity contribution < 1.29 is 18.7 Å². The summed E-state index contributed by atoms with van der Waals surface area (Å²) >= 11 is 0. The molecule has 0 aliphatic carbocycles. The van der Waals surface area contributed by atoms with Crippen molar-refractivity contribution >= 4 is 41.8 Å². The summed E-state index contributed by atoms with van der Waals surface area (Å²) in [6, 6.07) is 10.6. The van der Waals surface area contributed by atoms with Crippen LogP contribution in [0, 0.1) is 0 Å². The van der Waals surface area contributed by atoms with Crippen LogP contribution in [-0.4, -0.2) is 55.5 Å². The summed E-state index contributed by atoms with van der Waals surface area (Å²) in [6.45, 7) is 5.03. The van der Waals surface area contributed by atoms with E-state index in [4.69, 9.17) is 9.15 Å². The third-order valence-electron chi connectivity index (χ3n) is 4.39. The minimum Gasteiger partial charge on any atom is -0.467 e. The molecule has 8 nitrogen and oxygen atoms in total. The summed E-state index contributed by atoms with van der Waals surface area (Å²) in [7, 11) is 0. The van der Waals surface area contributed by atoms with E-state index in [1.807, 2.05) is 19.1 Å². The van der Waals surface area contributed by atoms with Gasteiger partial charge in [0, 0.05) is 32.8 Å². The molecule has 1 aromatic carbocycles. The second-order valence-electron chi connectivity index (χ2n) is 6.48. The van der Waals surface area contributed by atoms with Crippen molar-refractivity contribution in [2.45, 2.75) is 20.0 Å². The maximum absolute atomic E-state index is 12.4. The van der Waals surface area contributed by atoms with Crippen molar-refractivity contribution in [1.82, 2.24) is 15.5 Å². The van der Waals surface area contributed by atoms with Crippen LogP contribution < -0.4 is 10.6 Å². The number of ether oxygens (including phenoxy) is 1. The van der Waals surface area contributed by atoms with Crippen molar-refractivity contribution in [3.8, 4) is 0 Å². The van der Waals surface area contributed by atoms with Gasteiger partial charge < -0.3 is 19.8 Å². The zero-order valence-electron chi connectivity index (χ0n) is 16.9. The number of rotatable bonds is 10. The molecule has 0 saturated carbocycles. The maximum atomic E-state index is 12.4. The van der Waals surface area contributed by atoms with Crippen LogP contribution in [0.5, 0.6) is 0 Å². The van der Waals surface area contributed by atoms with Gasteiger partial charge in [0.15, 0.2) is 5.96 Å². The molecule has 0 atom stereocenters. The molecule has 2 aromatic rings. The zero-order valence-corrected chi connectivity index (χ0v) is 19.3. The Morgan fingerprint density at radius 2 is 1.83 bits per heavy atom. The fourth-order valence-corrected chi connectivity index (χ4v) is 3.00. The Labute approximate surface area is 193 Å². The Hall–Kier alpha value is -2.40. The van der Waals surface area contributed by atoms with Crippen LogP contribution in [0.2, 0.25) is 0 Å². The number of imide groups is 1. The predicted octanol–water partition coefficient (Wildman–Crippen LogP) is 2.66. The lowest BCUT2D eigenvalue weighted by molar-refractivity contribution is 0.0657. The summed E-state index contributed by atoms with van der Waals surface area (Å²) in [4.78, 5) is 30.5. The van der Waals surface area contributed by atoms with Crippen LogP contribution in [0.4, 0.5) is 0 Å². The molecule has 0 spiro atoms. The van der Waals surface area contributed by atoms with Crippen LogP contribution in [0.3, 0.4) is 0 Å². The van der Waals surface area contributed by atoms with Gasteiger partial charge in [0.2, 0.25) is 0 Å². The predicted molar refractivity (Wildman–Crippen MR) is 124 cm³/mol. The monoisotopic (exact) mass is 526 g/mol. The first-order chi connectivity index (χ1) is 14.2. The smallest absolute Gasteiger partial charge is 0.261 e. The number of aliphatic imine (C=N–C) groups is 1. The number of nitrogens with one attached hydrogen (secondary N) is 2. The van der Waals surface area contributed by atoms with Gasteiger partial charge in [-0.25, -0.2) is 0 Å². The Balaban J connectivity index is 0.00000320. The van der Waals surface area contributed by atoms with Crippen LogP contribution in [-0.2, 0) is 11.3 Å². The highest BCUT2D eigenvalue weighted by molar-refractivity contribution is 14.0. The summed E-state index contributed by atoms with van der Waals surface area (Å²) in [5.41, 5.74) is 0.931. The van der Waals surface area contributed by atoms with E-state index in [-0.39, 0.29) is 42.3 Å². The second kappa shape index (κ2) is 12.3. The lowest BCUT2D eigenvalue weighted by Gasteiger charge is -2.16. The molecule has 1 aromatic heterocycles. The molecule has 2 amide bonds. The largest absolute Gasteiger partial charge is 0.467 e. The third-order valence-corrected chi connectivity index (χ3v) is 4.39. The van der Waals surface area contributed by atoms with Crippen LogP contribution in [0.25, 0.3) is 0 Å². The van der Waals surface area contributed by atoms with E-state index in [2.05, 4.69) is 15.6 Å². The van der Waals surface area contributed by atoms with E-state index >= 15 is 0 Å². The molecule has 3 rings (SSSR count). The van der Waals surface area contributed by atoms with E-state index in [1.54, 1.807) is 30.5 Å². The number of benzene rings is 1. The molecule has 2 N–H and O–H groups in total. The Kier molecular flexibility index (Phi) is 9.81. The summed E-state index contributed by atoms with van der Waals surface area (Å²) in [5.74, 6) is 0.956. The van der Waals surface area contributed by atoms with Gasteiger partial charge in [-0.1, -0.05) is 12.1 Å². The van der Waals surface area contributed by atoms with Gasteiger partial charge in [0.1, 0.15) is 12.4 Å². The average Bonchev–Trinajstić information content (AvgIpc) is 3.33. The standard InChI is InChI=1S/C21H26N4O4.HI/c1-2-22-21(23-10-6-13-28-15-16-7-5-14-29-16)24-11-12-25-19(26)17-8-3-4-9-18(17)20(25)27;/h3-5,7-9,14H,2,6,10-13,15H2,1H3,(H2,22,23,24);1H. The number of nitrogens with zero attached hydrogens (tertiary/aromatic N) is 2. The first-order valence-electron chi connectivity index (χ1n) is 9.78. The van der Waals surface area contributed by atoms with Crippen LogP contribution in [0.1, 0.15) is 39.8 Å². The molecule has 0 radical (unpaired) electrons. The summed E-state index contributed by atoms with van der Waals surface area (Å²) < 4.78 is 10.7. The molecule has 0 bridgehead atoms. The number of carbonyl (C=O) groups is 2. The fraction of sp³-hybridized carbons (Fsp3) is 0.381. The summed E-state index contributed by atoms with van der Waals surface area (Å²) in [5, 5.41) is 6.32. The lowest BCUT2D eigenvalue weighted by atomic mass is 10.1. The molecule has 0 saturated heterocycles. The highest BCUT2D eigenvalue weighted by Gasteiger charge is 2.34. The molecule has 30 heavy (non-hydrogen) atoms. The Morgan fingerprint density at radius 3 is 2.47 bits per heavy atom.